The van der Waals surface area contributed by atoms with Crippen molar-refractivity contribution in [2.45, 2.75) is 32.7 Å². The molecule has 0 unspecified atom stereocenters. The number of amides is 1. The standard InChI is InChI=1S/C11H19N3OS.2ClH/c1-3-9-7-14-11(16-9)8-13-10(15)5-4-6-12-2;;/h7,12H,3-6,8H2,1-2H3,(H,13,15);2*1H. The van der Waals surface area contributed by atoms with Crippen LogP contribution in [0.25, 0.3) is 0 Å². The number of aromatic nitrogens is 1. The van der Waals surface area contributed by atoms with Crippen molar-refractivity contribution in [2.24, 2.45) is 0 Å². The van der Waals surface area contributed by atoms with E-state index in [0.29, 0.717) is 13.0 Å². The maximum absolute atomic E-state index is 11.4. The summed E-state index contributed by atoms with van der Waals surface area (Å²) in [5.41, 5.74) is 0. The molecule has 0 fully saturated rings. The fourth-order valence-electron chi connectivity index (χ4n) is 1.28. The van der Waals surface area contributed by atoms with Gasteiger partial charge >= 0.3 is 0 Å². The van der Waals surface area contributed by atoms with Gasteiger partial charge in [-0.1, -0.05) is 6.92 Å². The molecule has 0 aliphatic heterocycles. The summed E-state index contributed by atoms with van der Waals surface area (Å²) in [5, 5.41) is 6.88. The van der Waals surface area contributed by atoms with Crippen LogP contribution in [0.15, 0.2) is 6.20 Å². The molecule has 0 saturated heterocycles. The molecule has 1 heterocycles. The first kappa shape index (κ1) is 20.0. The summed E-state index contributed by atoms with van der Waals surface area (Å²) in [6, 6.07) is 0. The van der Waals surface area contributed by atoms with Crippen molar-refractivity contribution in [3.63, 3.8) is 0 Å². The van der Waals surface area contributed by atoms with Gasteiger partial charge in [-0.2, -0.15) is 0 Å². The lowest BCUT2D eigenvalue weighted by molar-refractivity contribution is -0.121. The third-order valence-corrected chi connectivity index (χ3v) is 3.36. The minimum Gasteiger partial charge on any atom is -0.350 e. The van der Waals surface area contributed by atoms with E-state index in [1.807, 2.05) is 13.2 Å². The lowest BCUT2D eigenvalue weighted by Crippen LogP contribution is -2.23. The molecule has 0 atom stereocenters. The van der Waals surface area contributed by atoms with Gasteiger partial charge in [-0.25, -0.2) is 4.98 Å². The molecule has 2 N–H and O–H groups in total. The summed E-state index contributed by atoms with van der Waals surface area (Å²) in [7, 11) is 1.89. The first-order valence-electron chi connectivity index (χ1n) is 5.61. The highest BCUT2D eigenvalue weighted by Gasteiger charge is 2.03. The van der Waals surface area contributed by atoms with Crippen LogP contribution in [-0.4, -0.2) is 24.5 Å². The van der Waals surface area contributed by atoms with Crippen LogP contribution in [0.4, 0.5) is 0 Å². The van der Waals surface area contributed by atoms with Crippen molar-refractivity contribution in [3.05, 3.63) is 16.1 Å². The van der Waals surface area contributed by atoms with Crippen molar-refractivity contribution >= 4 is 42.1 Å². The Balaban J connectivity index is 0. The van der Waals surface area contributed by atoms with Gasteiger partial charge in [-0.3, -0.25) is 4.79 Å². The van der Waals surface area contributed by atoms with Gasteiger partial charge in [0.25, 0.3) is 0 Å². The van der Waals surface area contributed by atoms with E-state index >= 15 is 0 Å². The average Bonchev–Trinajstić information content (AvgIpc) is 2.74. The molecule has 0 saturated carbocycles. The largest absolute Gasteiger partial charge is 0.350 e. The van der Waals surface area contributed by atoms with Crippen LogP contribution < -0.4 is 10.6 Å². The Hall–Kier alpha value is -0.360. The fraction of sp³-hybridized carbons (Fsp3) is 0.636. The number of carbonyl (C=O) groups is 1. The molecule has 4 nitrogen and oxygen atoms in total. The molecule has 1 aromatic rings. The summed E-state index contributed by atoms with van der Waals surface area (Å²) in [6.45, 7) is 3.54. The first-order chi connectivity index (χ1) is 7.76. The summed E-state index contributed by atoms with van der Waals surface area (Å²) in [4.78, 5) is 16.9. The highest BCUT2D eigenvalue weighted by molar-refractivity contribution is 7.11. The zero-order valence-corrected chi connectivity index (χ0v) is 13.1. The fourth-order valence-corrected chi connectivity index (χ4v) is 2.08. The summed E-state index contributed by atoms with van der Waals surface area (Å²) in [6.07, 6.45) is 4.34. The Bertz CT molecular complexity index is 334. The van der Waals surface area contributed by atoms with Crippen LogP contribution in [0, 0.1) is 0 Å². The minimum absolute atomic E-state index is 0. The SMILES string of the molecule is CCc1cnc(CNC(=O)CCCNC)s1.Cl.Cl. The summed E-state index contributed by atoms with van der Waals surface area (Å²) < 4.78 is 0. The Morgan fingerprint density at radius 3 is 2.72 bits per heavy atom. The quantitative estimate of drug-likeness (QED) is 0.759. The third-order valence-electron chi connectivity index (χ3n) is 2.22. The van der Waals surface area contributed by atoms with Gasteiger partial charge in [-0.05, 0) is 26.4 Å². The van der Waals surface area contributed by atoms with E-state index in [-0.39, 0.29) is 30.7 Å². The van der Waals surface area contributed by atoms with Crippen molar-refractivity contribution < 1.29 is 4.79 Å². The molecule has 0 spiro atoms. The number of nitrogens with zero attached hydrogens (tertiary/aromatic N) is 1. The van der Waals surface area contributed by atoms with Gasteiger partial charge in [0.2, 0.25) is 5.91 Å². The van der Waals surface area contributed by atoms with E-state index in [0.717, 1.165) is 24.4 Å². The highest BCUT2D eigenvalue weighted by atomic mass is 35.5. The molecular weight excluding hydrogens is 293 g/mol. The maximum atomic E-state index is 11.4. The Labute approximate surface area is 125 Å². The zero-order valence-electron chi connectivity index (χ0n) is 10.7. The Morgan fingerprint density at radius 1 is 1.44 bits per heavy atom. The molecule has 18 heavy (non-hydrogen) atoms. The number of hydrogen-bond donors (Lipinski definition) is 2. The van der Waals surface area contributed by atoms with E-state index in [1.54, 1.807) is 11.3 Å². The first-order valence-corrected chi connectivity index (χ1v) is 6.42. The average molecular weight is 314 g/mol. The van der Waals surface area contributed by atoms with Gasteiger partial charge < -0.3 is 10.6 Å². The number of rotatable bonds is 7. The molecule has 1 aromatic heterocycles. The van der Waals surface area contributed by atoms with Crippen molar-refractivity contribution in [3.8, 4) is 0 Å². The number of halogens is 2. The molecule has 7 heteroatoms. The Morgan fingerprint density at radius 2 is 2.17 bits per heavy atom. The molecule has 1 rings (SSSR count). The maximum Gasteiger partial charge on any atom is 0.220 e. The monoisotopic (exact) mass is 313 g/mol. The lowest BCUT2D eigenvalue weighted by atomic mass is 10.3. The van der Waals surface area contributed by atoms with E-state index in [4.69, 9.17) is 0 Å². The molecule has 0 aliphatic carbocycles. The van der Waals surface area contributed by atoms with Gasteiger partial charge in [0.15, 0.2) is 0 Å². The molecule has 1 amide bonds. The van der Waals surface area contributed by atoms with E-state index in [9.17, 15) is 4.79 Å². The van der Waals surface area contributed by atoms with Gasteiger partial charge in [0.05, 0.1) is 6.54 Å². The van der Waals surface area contributed by atoms with Crippen molar-refractivity contribution in [1.29, 1.82) is 0 Å². The van der Waals surface area contributed by atoms with Crippen LogP contribution in [0.3, 0.4) is 0 Å². The molecule has 0 aromatic carbocycles. The highest BCUT2D eigenvalue weighted by Crippen LogP contribution is 2.12. The minimum atomic E-state index is 0. The van der Waals surface area contributed by atoms with Crippen LogP contribution in [0.2, 0.25) is 0 Å². The predicted molar refractivity (Wildman–Crippen MR) is 81.0 cm³/mol. The number of carbonyl (C=O) groups excluding carboxylic acids is 1. The second-order valence-corrected chi connectivity index (χ2v) is 4.76. The smallest absolute Gasteiger partial charge is 0.220 e. The number of nitrogens with one attached hydrogen (secondary N) is 2. The molecule has 0 aliphatic rings. The van der Waals surface area contributed by atoms with E-state index in [2.05, 4.69) is 22.5 Å². The predicted octanol–water partition coefficient (Wildman–Crippen LogP) is 2.16. The topological polar surface area (TPSA) is 54.0 Å². The summed E-state index contributed by atoms with van der Waals surface area (Å²) >= 11 is 1.67. The van der Waals surface area contributed by atoms with Crippen molar-refractivity contribution in [1.82, 2.24) is 15.6 Å². The zero-order chi connectivity index (χ0) is 11.8. The van der Waals surface area contributed by atoms with E-state index < -0.39 is 0 Å². The second-order valence-electron chi connectivity index (χ2n) is 3.56. The number of aryl methyl sites for hydroxylation is 1. The Kier molecular flexibility index (Phi) is 13.0. The molecule has 0 radical (unpaired) electrons. The number of thiazole rings is 1. The summed E-state index contributed by atoms with van der Waals surface area (Å²) in [5.74, 6) is 0.100. The van der Waals surface area contributed by atoms with Crippen molar-refractivity contribution in [2.75, 3.05) is 13.6 Å². The van der Waals surface area contributed by atoms with Gasteiger partial charge in [0, 0.05) is 17.5 Å². The van der Waals surface area contributed by atoms with Crippen LogP contribution >= 0.6 is 36.2 Å². The normalized spacial score (nSPS) is 9.22. The van der Waals surface area contributed by atoms with Crippen LogP contribution in [0.5, 0.6) is 0 Å². The van der Waals surface area contributed by atoms with E-state index in [1.165, 1.54) is 4.88 Å². The molecule has 106 valence electrons. The van der Waals surface area contributed by atoms with Crippen LogP contribution in [0.1, 0.15) is 29.7 Å². The second kappa shape index (κ2) is 11.7. The molecule has 0 bridgehead atoms. The third kappa shape index (κ3) is 7.87. The van der Waals surface area contributed by atoms with Gasteiger partial charge in [0.1, 0.15) is 5.01 Å². The van der Waals surface area contributed by atoms with Gasteiger partial charge in [-0.15, -0.1) is 36.2 Å². The van der Waals surface area contributed by atoms with Crippen LogP contribution in [-0.2, 0) is 17.8 Å². The number of hydrogen-bond acceptors (Lipinski definition) is 4. The lowest BCUT2D eigenvalue weighted by Gasteiger charge is -2.02. The molecular formula is C11H21Cl2N3OS.